The van der Waals surface area contributed by atoms with Gasteiger partial charge in [0.15, 0.2) is 29.2 Å². The average Bonchev–Trinajstić information content (AvgIpc) is 3.12. The first kappa shape index (κ1) is 51.2. The van der Waals surface area contributed by atoms with E-state index >= 15 is 0 Å². The molecule has 18 atom stereocenters. The second-order valence-corrected chi connectivity index (χ2v) is 29.8. The van der Waals surface area contributed by atoms with Crippen LogP contribution in [0.4, 0.5) is 4.79 Å². The summed E-state index contributed by atoms with van der Waals surface area (Å²) in [6.45, 7) is 34.3. The van der Waals surface area contributed by atoms with Crippen LogP contribution in [0.5, 0.6) is 0 Å². The van der Waals surface area contributed by atoms with Gasteiger partial charge in [0.05, 0.1) is 47.6 Å². The molecule has 2 unspecified atom stereocenters. The van der Waals surface area contributed by atoms with Gasteiger partial charge >= 0.3 is 12.1 Å². The summed E-state index contributed by atoms with van der Waals surface area (Å²) < 4.78 is 65.0. The van der Waals surface area contributed by atoms with Crippen LogP contribution in [0.25, 0.3) is 0 Å². The molecule has 60 heavy (non-hydrogen) atoms. The van der Waals surface area contributed by atoms with E-state index in [0.29, 0.717) is 18.4 Å². The summed E-state index contributed by atoms with van der Waals surface area (Å²) in [5.74, 6) is -2.86. The zero-order valence-corrected chi connectivity index (χ0v) is 42.1. The van der Waals surface area contributed by atoms with Gasteiger partial charge in [0, 0.05) is 37.0 Å². The summed E-state index contributed by atoms with van der Waals surface area (Å²) >= 11 is 0. The van der Waals surface area contributed by atoms with E-state index in [1.807, 2.05) is 62.6 Å². The van der Waals surface area contributed by atoms with E-state index in [1.165, 1.54) is 0 Å². The minimum absolute atomic E-state index is 0.0437. The van der Waals surface area contributed by atoms with Crippen LogP contribution in [0.15, 0.2) is 12.2 Å². The molecule has 4 fully saturated rings. The maximum Gasteiger partial charge on any atom is 0.509 e. The van der Waals surface area contributed by atoms with E-state index in [2.05, 4.69) is 50.8 Å². The lowest BCUT2D eigenvalue weighted by atomic mass is 9.74. The van der Waals surface area contributed by atoms with E-state index in [4.69, 9.17) is 46.7 Å². The summed E-state index contributed by atoms with van der Waals surface area (Å²) in [5, 5.41) is 13.0. The van der Waals surface area contributed by atoms with Crippen LogP contribution < -0.4 is 0 Å². The van der Waals surface area contributed by atoms with E-state index in [9.17, 15) is 14.7 Å². The van der Waals surface area contributed by atoms with Gasteiger partial charge in [-0.1, -0.05) is 34.3 Å². The molecule has 0 radical (unpaired) electrons. The predicted molar refractivity (Wildman–Crippen MR) is 233 cm³/mol. The Morgan fingerprint density at radius 1 is 0.833 bits per heavy atom. The summed E-state index contributed by atoms with van der Waals surface area (Å²) in [6.07, 6.45) is -6.52. The van der Waals surface area contributed by atoms with E-state index in [0.717, 1.165) is 6.42 Å². The topological polar surface area (TPSA) is 150 Å². The lowest BCUT2D eigenvalue weighted by Crippen LogP contribution is -2.62. The summed E-state index contributed by atoms with van der Waals surface area (Å²) in [5.41, 5.74) is -1.91. The number of rotatable bonds is 11. The van der Waals surface area contributed by atoms with E-state index < -0.39 is 107 Å². The Morgan fingerprint density at radius 2 is 1.45 bits per heavy atom. The molecule has 0 amide bonds. The van der Waals surface area contributed by atoms with Gasteiger partial charge in [0.1, 0.15) is 24.4 Å². The maximum atomic E-state index is 14.5. The number of nitrogens with zero attached hydrogens (tertiary/aromatic N) is 1. The van der Waals surface area contributed by atoms with Crippen molar-refractivity contribution in [3.05, 3.63) is 12.2 Å². The number of fused-ring (bicyclic) bond motifs is 2. The summed E-state index contributed by atoms with van der Waals surface area (Å²) in [7, 11) is 1.53. The molecular weight excluding hydrogens is 807 g/mol. The summed E-state index contributed by atoms with van der Waals surface area (Å²) in [6, 6.07) is -0.0437. The van der Waals surface area contributed by atoms with Crippen molar-refractivity contribution in [3.63, 3.8) is 0 Å². The Hall–Kier alpha value is -1.45. The molecule has 0 saturated carbocycles. The van der Waals surface area contributed by atoms with Crippen molar-refractivity contribution in [2.45, 2.75) is 212 Å². The highest BCUT2D eigenvalue weighted by atomic mass is 28.4. The number of hydrogen-bond acceptors (Lipinski definition) is 14. The van der Waals surface area contributed by atoms with Gasteiger partial charge in [-0.3, -0.25) is 4.79 Å². The van der Waals surface area contributed by atoms with Crippen molar-refractivity contribution in [1.29, 1.82) is 0 Å². The molecule has 4 rings (SSSR count). The molecule has 0 aliphatic carbocycles. The fourth-order valence-corrected chi connectivity index (χ4v) is 12.2. The number of ether oxygens (including phenoxy) is 8. The molecule has 0 aromatic heterocycles. The third-order valence-electron chi connectivity index (χ3n) is 12.9. The van der Waals surface area contributed by atoms with Crippen LogP contribution in [-0.2, 0) is 51.5 Å². The van der Waals surface area contributed by atoms with Crippen LogP contribution >= 0.6 is 0 Å². The second-order valence-electron chi connectivity index (χ2n) is 20.9. The SMILES string of the molecule is C=C1[C@@H](CC)OC(=O)[C@H](C)[C@@H](OC2C[C@@](C)(OC)[C@@H](O[Si](C)(C)C)[C@H](C)O2)[C@H](C)[C@@H](OC2O[C@H](C)C[C@H](N(C)C)[C@@H]2O[Si](C)(C)C)[C@@](C)(O)C[C@@H](C)[C@@H]2OC(=O)O[C@@H]1[C@H]2C. The Morgan fingerprint density at radius 3 is 2.00 bits per heavy atom. The van der Waals surface area contributed by atoms with Gasteiger partial charge in [0.25, 0.3) is 0 Å². The molecule has 348 valence electrons. The third kappa shape index (κ3) is 12.2. The Kier molecular flexibility index (Phi) is 16.8. The van der Waals surface area contributed by atoms with Gasteiger partial charge in [-0.2, -0.15) is 0 Å². The average molecular weight is 888 g/mol. The Balaban J connectivity index is 1.87. The molecule has 4 saturated heterocycles. The monoisotopic (exact) mass is 888 g/mol. The molecule has 0 spiro atoms. The third-order valence-corrected chi connectivity index (χ3v) is 14.8. The fourth-order valence-electron chi connectivity index (χ4n) is 9.93. The molecular formula is C44H81NO13Si2. The van der Waals surface area contributed by atoms with Gasteiger partial charge in [-0.05, 0) is 113 Å². The van der Waals surface area contributed by atoms with Gasteiger partial charge in [-0.15, -0.1) is 0 Å². The normalized spacial score (nSPS) is 44.1. The molecule has 4 aliphatic heterocycles. The Labute approximate surface area is 363 Å². The van der Waals surface area contributed by atoms with Crippen molar-refractivity contribution in [2.24, 2.45) is 23.7 Å². The lowest BCUT2D eigenvalue weighted by molar-refractivity contribution is -0.315. The molecule has 2 bridgehead atoms. The van der Waals surface area contributed by atoms with Crippen molar-refractivity contribution in [2.75, 3.05) is 21.2 Å². The van der Waals surface area contributed by atoms with Crippen LogP contribution in [0.2, 0.25) is 39.3 Å². The Bertz CT molecular complexity index is 1470. The number of cyclic esters (lactones) is 1. The first-order valence-corrected chi connectivity index (χ1v) is 29.0. The fraction of sp³-hybridized carbons (Fsp3) is 0.909. The van der Waals surface area contributed by atoms with Crippen molar-refractivity contribution in [3.8, 4) is 0 Å². The highest BCUT2D eigenvalue weighted by Gasteiger charge is 2.54. The predicted octanol–water partition coefficient (Wildman–Crippen LogP) is 7.28. The van der Waals surface area contributed by atoms with Crippen LogP contribution in [0.3, 0.4) is 0 Å². The van der Waals surface area contributed by atoms with Gasteiger partial charge in [0.2, 0.25) is 0 Å². The molecule has 14 nitrogen and oxygen atoms in total. The number of methoxy groups -OCH3 is 1. The number of hydrogen-bond donors (Lipinski definition) is 1. The van der Waals surface area contributed by atoms with Crippen molar-refractivity contribution < 1.29 is 61.4 Å². The summed E-state index contributed by atoms with van der Waals surface area (Å²) in [4.78, 5) is 29.7. The number of esters is 1. The zero-order chi connectivity index (χ0) is 45.4. The minimum atomic E-state index is -2.17. The number of carbonyl (C=O) groups excluding carboxylic acids is 2. The second kappa shape index (κ2) is 19.7. The molecule has 4 aliphatic rings. The van der Waals surface area contributed by atoms with Crippen LogP contribution in [0, 0.1) is 23.7 Å². The van der Waals surface area contributed by atoms with E-state index in [1.54, 1.807) is 21.0 Å². The molecule has 1 N–H and O–H groups in total. The lowest BCUT2D eigenvalue weighted by Gasteiger charge is -2.51. The molecule has 0 aromatic carbocycles. The zero-order valence-electron chi connectivity index (χ0n) is 40.1. The maximum absolute atomic E-state index is 14.5. The van der Waals surface area contributed by atoms with Crippen LogP contribution in [0.1, 0.15) is 88.0 Å². The highest BCUT2D eigenvalue weighted by molar-refractivity contribution is 6.70. The standard InChI is InChI=1S/C44H81NO13Si2/c1-20-32-26(4)35-27(5)34(54-42(47)55-35)24(2)22-43(9,48)38(56-41-37(57-59(14,15)16)31(45(11)12)21-25(3)50-41)28(6)36(29(7)40(46)52-32)53-33-23-44(10,49-13)39(30(8)51-33)58-60(17,18)19/h24-25,27-39,41,48H,4,20-23H2,1-3,5-19H3/t24-,25-,27+,28+,29-,30+,31+,32-,33?,34+,35+,36+,37+,38-,39+,41?,43+,44-/m1/s1. The molecule has 0 aromatic rings. The number of aliphatic hydroxyl groups is 1. The highest BCUT2D eigenvalue weighted by Crippen LogP contribution is 2.43. The number of carbonyl (C=O) groups is 2. The van der Waals surface area contributed by atoms with Crippen molar-refractivity contribution in [1.82, 2.24) is 4.90 Å². The van der Waals surface area contributed by atoms with Gasteiger partial charge in [-0.25, -0.2) is 4.79 Å². The number of likely N-dealkylation sites (N-methyl/N-ethyl adjacent to an activating group) is 1. The molecule has 16 heteroatoms. The quantitative estimate of drug-likeness (QED) is 0.126. The van der Waals surface area contributed by atoms with E-state index in [-0.39, 0.29) is 36.5 Å². The minimum Gasteiger partial charge on any atom is -0.457 e. The first-order valence-electron chi connectivity index (χ1n) is 22.2. The largest absolute Gasteiger partial charge is 0.509 e. The smallest absolute Gasteiger partial charge is 0.457 e. The molecule has 4 heterocycles. The van der Waals surface area contributed by atoms with Gasteiger partial charge < -0.3 is 56.8 Å². The first-order chi connectivity index (χ1) is 27.5. The van der Waals surface area contributed by atoms with Crippen molar-refractivity contribution >= 4 is 28.8 Å². The van der Waals surface area contributed by atoms with Crippen LogP contribution in [-0.4, -0.2) is 145 Å².